The van der Waals surface area contributed by atoms with E-state index in [0.29, 0.717) is 30.4 Å². The predicted molar refractivity (Wildman–Crippen MR) is 93.6 cm³/mol. The largest absolute Gasteiger partial charge is 0.491 e. The summed E-state index contributed by atoms with van der Waals surface area (Å²) in [6.07, 6.45) is 3.47. The second-order valence-electron chi connectivity index (χ2n) is 6.20. The van der Waals surface area contributed by atoms with E-state index in [4.69, 9.17) is 20.7 Å². The average molecular weight is 331 g/mol. The molecule has 3 N–H and O–H groups in total. The second kappa shape index (κ2) is 7.95. The summed E-state index contributed by atoms with van der Waals surface area (Å²) in [6.45, 7) is 5.04. The van der Waals surface area contributed by atoms with Crippen molar-refractivity contribution in [1.82, 2.24) is 4.90 Å². The van der Waals surface area contributed by atoms with Gasteiger partial charge in [0.1, 0.15) is 23.9 Å². The van der Waals surface area contributed by atoms with Crippen LogP contribution in [0.1, 0.15) is 50.2 Å². The number of ether oxygens (including phenoxy) is 1. The minimum absolute atomic E-state index is 0.0916. The van der Waals surface area contributed by atoms with Crippen LogP contribution in [-0.2, 0) is 4.79 Å². The molecule has 6 heteroatoms. The van der Waals surface area contributed by atoms with Gasteiger partial charge in [0.2, 0.25) is 0 Å². The van der Waals surface area contributed by atoms with Crippen LogP contribution in [0.25, 0.3) is 0 Å². The molecule has 2 rings (SSSR count). The highest BCUT2D eigenvalue weighted by Crippen LogP contribution is 2.30. The fourth-order valence-corrected chi connectivity index (χ4v) is 2.80. The van der Waals surface area contributed by atoms with Crippen molar-refractivity contribution in [3.05, 3.63) is 29.3 Å². The standard InChI is InChI=1S/C18H25N3O3/c1-3-4-5-12(2)13-6-7-14-16(10-13)24-9-8-21(17(14)20)11-15(19)18(22)23/h6-7,10,12,19-20H,3-5,8-9,11H2,1-2H3,(H,22,23). The zero-order valence-corrected chi connectivity index (χ0v) is 14.3. The van der Waals surface area contributed by atoms with Gasteiger partial charge in [0.05, 0.1) is 18.7 Å². The summed E-state index contributed by atoms with van der Waals surface area (Å²) in [6, 6.07) is 5.89. The number of carboxylic acids is 1. The molecule has 0 aromatic heterocycles. The van der Waals surface area contributed by atoms with Gasteiger partial charge in [-0.1, -0.05) is 32.8 Å². The zero-order chi connectivity index (χ0) is 17.7. The van der Waals surface area contributed by atoms with E-state index >= 15 is 0 Å². The maximum atomic E-state index is 10.9. The number of hydrogen-bond donors (Lipinski definition) is 3. The van der Waals surface area contributed by atoms with Crippen molar-refractivity contribution in [3.8, 4) is 5.75 Å². The second-order valence-corrected chi connectivity index (χ2v) is 6.20. The molecule has 1 aliphatic heterocycles. The van der Waals surface area contributed by atoms with Crippen molar-refractivity contribution in [1.29, 1.82) is 10.8 Å². The molecule has 1 unspecified atom stereocenters. The van der Waals surface area contributed by atoms with Crippen LogP contribution in [0.5, 0.6) is 5.75 Å². The van der Waals surface area contributed by atoms with Gasteiger partial charge >= 0.3 is 5.97 Å². The lowest BCUT2D eigenvalue weighted by molar-refractivity contribution is -0.129. The molecule has 0 saturated carbocycles. The summed E-state index contributed by atoms with van der Waals surface area (Å²) in [4.78, 5) is 12.4. The van der Waals surface area contributed by atoms with E-state index in [-0.39, 0.29) is 12.4 Å². The lowest BCUT2D eigenvalue weighted by Gasteiger charge is -2.21. The van der Waals surface area contributed by atoms with Gasteiger partial charge in [-0.3, -0.25) is 10.8 Å². The smallest absolute Gasteiger partial charge is 0.351 e. The maximum absolute atomic E-state index is 10.9. The number of nitrogens with zero attached hydrogens (tertiary/aromatic N) is 1. The Kier molecular flexibility index (Phi) is 5.95. The molecule has 0 spiro atoms. The number of amidine groups is 1. The Morgan fingerprint density at radius 1 is 1.46 bits per heavy atom. The zero-order valence-electron chi connectivity index (χ0n) is 14.3. The first-order chi connectivity index (χ1) is 11.4. The fraction of sp³-hybridized carbons (Fsp3) is 0.500. The summed E-state index contributed by atoms with van der Waals surface area (Å²) in [5.74, 6) is 0.0623. The van der Waals surface area contributed by atoms with Crippen LogP contribution >= 0.6 is 0 Å². The first-order valence-corrected chi connectivity index (χ1v) is 8.35. The molecule has 0 aliphatic carbocycles. The third kappa shape index (κ3) is 4.13. The number of nitrogens with one attached hydrogen (secondary N) is 2. The number of carbonyl (C=O) groups is 1. The molecule has 1 aliphatic rings. The van der Waals surface area contributed by atoms with Gasteiger partial charge in [-0.25, -0.2) is 4.79 Å². The normalized spacial score (nSPS) is 15.2. The molecule has 6 nitrogen and oxygen atoms in total. The number of rotatable bonds is 7. The lowest BCUT2D eigenvalue weighted by atomic mass is 9.94. The molecular weight excluding hydrogens is 306 g/mol. The molecule has 1 atom stereocenters. The van der Waals surface area contributed by atoms with E-state index in [0.717, 1.165) is 6.42 Å². The van der Waals surface area contributed by atoms with Crippen molar-refractivity contribution >= 4 is 17.5 Å². The molecule has 0 saturated heterocycles. The van der Waals surface area contributed by atoms with Crippen LogP contribution in [-0.4, -0.2) is 47.2 Å². The van der Waals surface area contributed by atoms with E-state index in [1.807, 2.05) is 18.2 Å². The number of fused-ring (bicyclic) bond motifs is 1. The highest BCUT2D eigenvalue weighted by atomic mass is 16.5. The Morgan fingerprint density at radius 3 is 2.88 bits per heavy atom. The molecular formula is C18H25N3O3. The summed E-state index contributed by atoms with van der Waals surface area (Å²) in [5, 5.41) is 24.7. The highest BCUT2D eigenvalue weighted by Gasteiger charge is 2.23. The topological polar surface area (TPSA) is 97.5 Å². The monoisotopic (exact) mass is 331 g/mol. The van der Waals surface area contributed by atoms with Crippen molar-refractivity contribution in [2.75, 3.05) is 19.7 Å². The third-order valence-electron chi connectivity index (χ3n) is 4.36. The van der Waals surface area contributed by atoms with Gasteiger partial charge in [0, 0.05) is 0 Å². The van der Waals surface area contributed by atoms with Crippen molar-refractivity contribution in [2.45, 2.75) is 39.0 Å². The summed E-state index contributed by atoms with van der Waals surface area (Å²) >= 11 is 0. The van der Waals surface area contributed by atoms with Gasteiger partial charge in [-0.05, 0) is 30.0 Å². The van der Waals surface area contributed by atoms with E-state index < -0.39 is 11.7 Å². The van der Waals surface area contributed by atoms with Crippen LogP contribution in [0.4, 0.5) is 0 Å². The van der Waals surface area contributed by atoms with Gasteiger partial charge < -0.3 is 14.7 Å². The summed E-state index contributed by atoms with van der Waals surface area (Å²) in [7, 11) is 0. The molecule has 0 amide bonds. The van der Waals surface area contributed by atoms with Gasteiger partial charge in [-0.15, -0.1) is 0 Å². The van der Waals surface area contributed by atoms with Crippen LogP contribution < -0.4 is 4.74 Å². The first kappa shape index (κ1) is 18.0. The SMILES string of the molecule is CCCCC(C)c1ccc2c(c1)OCCN(CC(=N)C(=O)O)C2=N. The fourth-order valence-electron chi connectivity index (χ4n) is 2.80. The van der Waals surface area contributed by atoms with Crippen molar-refractivity contribution < 1.29 is 14.6 Å². The molecule has 130 valence electrons. The Balaban J connectivity index is 2.19. The van der Waals surface area contributed by atoms with Gasteiger partial charge in [0.25, 0.3) is 0 Å². The number of hydrogen-bond acceptors (Lipinski definition) is 4. The van der Waals surface area contributed by atoms with E-state index in [1.54, 1.807) is 4.90 Å². The number of carboxylic acid groups (broad SMARTS) is 1. The highest BCUT2D eigenvalue weighted by molar-refractivity contribution is 6.35. The third-order valence-corrected chi connectivity index (χ3v) is 4.36. The molecule has 24 heavy (non-hydrogen) atoms. The number of aliphatic carboxylic acids is 1. The predicted octanol–water partition coefficient (Wildman–Crippen LogP) is 3.10. The quantitative estimate of drug-likeness (QED) is 0.669. The van der Waals surface area contributed by atoms with Crippen molar-refractivity contribution in [3.63, 3.8) is 0 Å². The molecule has 0 fully saturated rings. The molecule has 0 radical (unpaired) electrons. The Labute approximate surface area is 142 Å². The van der Waals surface area contributed by atoms with E-state index in [9.17, 15) is 4.79 Å². The minimum atomic E-state index is -1.26. The van der Waals surface area contributed by atoms with Crippen molar-refractivity contribution in [2.24, 2.45) is 0 Å². The Hall–Kier alpha value is -2.37. The molecule has 1 aromatic carbocycles. The Bertz CT molecular complexity index is 642. The van der Waals surface area contributed by atoms with Crippen LogP contribution in [0.15, 0.2) is 18.2 Å². The van der Waals surface area contributed by atoms with Gasteiger partial charge in [0.15, 0.2) is 0 Å². The van der Waals surface area contributed by atoms with E-state index in [2.05, 4.69) is 13.8 Å². The first-order valence-electron chi connectivity index (χ1n) is 8.35. The maximum Gasteiger partial charge on any atom is 0.351 e. The minimum Gasteiger partial charge on any atom is -0.491 e. The van der Waals surface area contributed by atoms with Crippen LogP contribution in [0.3, 0.4) is 0 Å². The summed E-state index contributed by atoms with van der Waals surface area (Å²) < 4.78 is 5.79. The summed E-state index contributed by atoms with van der Waals surface area (Å²) in [5.41, 5.74) is 1.42. The Morgan fingerprint density at radius 2 is 2.21 bits per heavy atom. The lowest BCUT2D eigenvalue weighted by Crippen LogP contribution is -2.38. The van der Waals surface area contributed by atoms with Gasteiger partial charge in [-0.2, -0.15) is 0 Å². The average Bonchev–Trinajstić information content (AvgIpc) is 2.71. The van der Waals surface area contributed by atoms with Crippen LogP contribution in [0.2, 0.25) is 0 Å². The van der Waals surface area contributed by atoms with Crippen LogP contribution in [0, 0.1) is 10.8 Å². The molecule has 0 bridgehead atoms. The number of unbranched alkanes of at least 4 members (excludes halogenated alkanes) is 1. The number of benzene rings is 1. The van der Waals surface area contributed by atoms with E-state index in [1.165, 1.54) is 18.4 Å². The molecule has 1 heterocycles. The molecule has 1 aromatic rings.